The maximum atomic E-state index is 13.4. The summed E-state index contributed by atoms with van der Waals surface area (Å²) in [6.45, 7) is 2.22. The van der Waals surface area contributed by atoms with Gasteiger partial charge in [0.15, 0.2) is 6.10 Å². The van der Waals surface area contributed by atoms with Crippen LogP contribution in [0, 0.1) is 0 Å². The van der Waals surface area contributed by atoms with Crippen LogP contribution in [0.3, 0.4) is 0 Å². The third-order valence-corrected chi connectivity index (χ3v) is 6.40. The number of nitrogens with two attached hydrogens (primary N) is 1. The van der Waals surface area contributed by atoms with Crippen LogP contribution in [-0.4, -0.2) is 35.3 Å². The van der Waals surface area contributed by atoms with Crippen LogP contribution >= 0.6 is 12.6 Å². The van der Waals surface area contributed by atoms with Crippen LogP contribution in [0.4, 0.5) is 5.69 Å². The summed E-state index contributed by atoms with van der Waals surface area (Å²) in [6, 6.07) is 33.0. The molecule has 0 aliphatic rings. The number of ether oxygens (including phenoxy) is 1. The van der Waals surface area contributed by atoms with Crippen LogP contribution in [0.5, 0.6) is 5.88 Å². The Balaban J connectivity index is 1.57. The van der Waals surface area contributed by atoms with Gasteiger partial charge < -0.3 is 21.1 Å². The minimum absolute atomic E-state index is 0.136. The maximum Gasteiger partial charge on any atom is 0.261 e. The van der Waals surface area contributed by atoms with Crippen LogP contribution in [0.1, 0.15) is 24.1 Å². The number of anilines is 1. The van der Waals surface area contributed by atoms with Crippen molar-refractivity contribution in [2.75, 3.05) is 17.6 Å². The topological polar surface area (TPSA) is 89.3 Å². The van der Waals surface area contributed by atoms with Crippen LogP contribution in [-0.2, 0) is 4.79 Å². The van der Waals surface area contributed by atoms with E-state index in [2.05, 4.69) is 23.3 Å². The molecule has 4 rings (SSSR count). The fraction of sp³-hybridized carbons (Fsp3) is 0.200. The van der Waals surface area contributed by atoms with Gasteiger partial charge in [-0.15, -0.1) is 0 Å². The number of pyridine rings is 1. The number of carbonyl (C=O) groups excluding carboxylic acids is 1. The van der Waals surface area contributed by atoms with E-state index in [1.54, 1.807) is 6.92 Å². The average Bonchev–Trinajstić information content (AvgIpc) is 2.96. The van der Waals surface area contributed by atoms with Gasteiger partial charge in [0.2, 0.25) is 5.88 Å². The summed E-state index contributed by atoms with van der Waals surface area (Å²) >= 11 is 4.26. The van der Waals surface area contributed by atoms with E-state index in [4.69, 9.17) is 15.5 Å². The quantitative estimate of drug-likeness (QED) is 0.210. The second-order valence-corrected chi connectivity index (χ2v) is 9.13. The van der Waals surface area contributed by atoms with Crippen molar-refractivity contribution >= 4 is 24.2 Å². The molecule has 0 spiro atoms. The van der Waals surface area contributed by atoms with Gasteiger partial charge in [0.25, 0.3) is 5.91 Å². The lowest BCUT2D eigenvalue weighted by Gasteiger charge is -2.23. The minimum atomic E-state index is -0.799. The largest absolute Gasteiger partial charge is 0.463 e. The molecule has 1 aromatic heterocycles. The van der Waals surface area contributed by atoms with Gasteiger partial charge in [-0.25, -0.2) is 4.98 Å². The number of nitrogens with zero attached hydrogens (tertiary/aromatic N) is 1. The Bertz CT molecular complexity index is 1230. The number of nitrogens with one attached hydrogen (secondary N) is 2. The van der Waals surface area contributed by atoms with E-state index in [-0.39, 0.29) is 18.0 Å². The van der Waals surface area contributed by atoms with Crippen molar-refractivity contribution in [2.24, 2.45) is 5.73 Å². The van der Waals surface area contributed by atoms with Crippen molar-refractivity contribution in [1.82, 2.24) is 10.3 Å². The number of carbonyl (C=O) groups is 1. The molecule has 37 heavy (non-hydrogen) atoms. The number of benzene rings is 3. The highest BCUT2D eigenvalue weighted by atomic mass is 32.1. The fourth-order valence-corrected chi connectivity index (χ4v) is 4.00. The summed E-state index contributed by atoms with van der Waals surface area (Å²) < 4.78 is 6.16. The van der Waals surface area contributed by atoms with Crippen LogP contribution in [0.2, 0.25) is 0 Å². The number of hydrogen-bond acceptors (Lipinski definition) is 6. The molecule has 0 aliphatic carbocycles. The maximum absolute atomic E-state index is 13.4. The van der Waals surface area contributed by atoms with Crippen molar-refractivity contribution in [2.45, 2.75) is 25.1 Å². The van der Waals surface area contributed by atoms with Gasteiger partial charge in [-0.1, -0.05) is 91.0 Å². The van der Waals surface area contributed by atoms with Crippen LogP contribution < -0.4 is 21.1 Å². The summed E-state index contributed by atoms with van der Waals surface area (Å²) in [5, 5.41) is 6.44. The van der Waals surface area contributed by atoms with Crippen molar-refractivity contribution in [1.29, 1.82) is 0 Å². The minimum Gasteiger partial charge on any atom is -0.463 e. The standard InChI is InChI=1S/C30H32N4O2S/c1-21(29(35)34-28(23-13-7-3-8-14-23)24-15-9-4-10-16-24)36-30-27(32-19-25(31)20-37)18-17-26(33-30)22-11-5-2-6-12-22/h2-18,21,25,28,32,37H,19-20,31H2,1H3,(H,34,35). The Morgan fingerprint density at radius 3 is 2.03 bits per heavy atom. The lowest BCUT2D eigenvalue weighted by Crippen LogP contribution is -2.39. The lowest BCUT2D eigenvalue weighted by molar-refractivity contribution is -0.127. The van der Waals surface area contributed by atoms with E-state index in [9.17, 15) is 4.79 Å². The molecule has 0 saturated heterocycles. The predicted molar refractivity (Wildman–Crippen MR) is 153 cm³/mol. The molecule has 4 N–H and O–H groups in total. The Morgan fingerprint density at radius 1 is 0.892 bits per heavy atom. The summed E-state index contributed by atoms with van der Waals surface area (Å²) in [6.07, 6.45) is -0.799. The first-order valence-corrected chi connectivity index (χ1v) is 12.9. The van der Waals surface area contributed by atoms with Crippen molar-refractivity contribution in [3.05, 3.63) is 114 Å². The zero-order valence-electron chi connectivity index (χ0n) is 20.7. The number of rotatable bonds is 11. The second kappa shape index (κ2) is 12.9. The van der Waals surface area contributed by atoms with Crippen molar-refractivity contribution < 1.29 is 9.53 Å². The Labute approximate surface area is 223 Å². The number of amides is 1. The summed E-state index contributed by atoms with van der Waals surface area (Å²) in [5.74, 6) is 0.631. The summed E-state index contributed by atoms with van der Waals surface area (Å²) in [7, 11) is 0. The van der Waals surface area contributed by atoms with E-state index in [1.165, 1.54) is 0 Å². The van der Waals surface area contributed by atoms with Crippen molar-refractivity contribution in [3.63, 3.8) is 0 Å². The smallest absolute Gasteiger partial charge is 0.261 e. The molecule has 7 heteroatoms. The van der Waals surface area contributed by atoms with Crippen LogP contribution in [0.25, 0.3) is 11.3 Å². The normalized spacial score (nSPS) is 12.5. The fourth-order valence-electron chi connectivity index (χ4n) is 3.87. The average molecular weight is 513 g/mol. The Morgan fingerprint density at radius 2 is 1.46 bits per heavy atom. The van der Waals surface area contributed by atoms with E-state index < -0.39 is 6.10 Å². The van der Waals surface area contributed by atoms with Gasteiger partial charge in [0, 0.05) is 23.9 Å². The molecule has 2 atom stereocenters. The third kappa shape index (κ3) is 7.12. The molecule has 0 aliphatic heterocycles. The monoisotopic (exact) mass is 512 g/mol. The first kappa shape index (κ1) is 26.3. The van der Waals surface area contributed by atoms with E-state index in [0.29, 0.717) is 23.9 Å². The predicted octanol–water partition coefficient (Wildman–Crippen LogP) is 5.09. The molecule has 6 nitrogen and oxygen atoms in total. The molecule has 1 heterocycles. The first-order valence-electron chi connectivity index (χ1n) is 12.3. The van der Waals surface area contributed by atoms with Gasteiger partial charge in [0.1, 0.15) is 0 Å². The first-order chi connectivity index (χ1) is 18.0. The van der Waals surface area contributed by atoms with Gasteiger partial charge in [0.05, 0.1) is 17.4 Å². The molecule has 0 bridgehead atoms. The van der Waals surface area contributed by atoms with Gasteiger partial charge >= 0.3 is 0 Å². The highest BCUT2D eigenvalue weighted by Crippen LogP contribution is 2.28. The molecular weight excluding hydrogens is 480 g/mol. The number of thiol groups is 1. The zero-order valence-corrected chi connectivity index (χ0v) is 21.6. The van der Waals surface area contributed by atoms with E-state index in [0.717, 1.165) is 22.4 Å². The zero-order chi connectivity index (χ0) is 26.0. The number of hydrogen-bond donors (Lipinski definition) is 4. The third-order valence-electron chi connectivity index (χ3n) is 5.93. The van der Waals surface area contributed by atoms with Gasteiger partial charge in [-0.2, -0.15) is 12.6 Å². The molecule has 4 aromatic rings. The highest BCUT2D eigenvalue weighted by molar-refractivity contribution is 7.80. The van der Waals surface area contributed by atoms with Gasteiger partial charge in [-0.05, 0) is 30.2 Å². The van der Waals surface area contributed by atoms with E-state index >= 15 is 0 Å². The molecule has 2 unspecified atom stereocenters. The highest BCUT2D eigenvalue weighted by Gasteiger charge is 2.23. The molecule has 190 valence electrons. The van der Waals surface area contributed by atoms with Crippen molar-refractivity contribution in [3.8, 4) is 17.1 Å². The molecule has 0 radical (unpaired) electrons. The summed E-state index contributed by atoms with van der Waals surface area (Å²) in [5.41, 5.74) is 10.4. The molecule has 1 amide bonds. The Hall–Kier alpha value is -3.81. The molecule has 0 saturated carbocycles. The van der Waals surface area contributed by atoms with Crippen LogP contribution in [0.15, 0.2) is 103 Å². The number of aromatic nitrogens is 1. The molecular formula is C30H32N4O2S. The lowest BCUT2D eigenvalue weighted by atomic mass is 9.98. The van der Waals surface area contributed by atoms with E-state index in [1.807, 2.05) is 103 Å². The molecule has 3 aromatic carbocycles. The second-order valence-electron chi connectivity index (χ2n) is 8.76. The SMILES string of the molecule is CC(Oc1nc(-c2ccccc2)ccc1NCC(N)CS)C(=O)NC(c1ccccc1)c1ccccc1. The van der Waals surface area contributed by atoms with Gasteiger partial charge in [-0.3, -0.25) is 4.79 Å². The summed E-state index contributed by atoms with van der Waals surface area (Å²) in [4.78, 5) is 18.1. The molecule has 0 fully saturated rings. The Kier molecular flexibility index (Phi) is 9.18.